The molecule has 0 aliphatic rings. The molecule has 2 atom stereocenters. The van der Waals surface area contributed by atoms with E-state index in [9.17, 15) is 14.7 Å². The Balaban J connectivity index is 2.17. The minimum Gasteiger partial charge on any atom is -0.490 e. The molecule has 8 nitrogen and oxygen atoms in total. The van der Waals surface area contributed by atoms with E-state index in [1.807, 2.05) is 19.9 Å². The first-order valence-electron chi connectivity index (χ1n) is 10.9. The molecule has 1 N–H and O–H groups in total. The minimum atomic E-state index is -1.14. The average Bonchev–Trinajstić information content (AvgIpc) is 2.83. The van der Waals surface area contributed by atoms with E-state index in [1.54, 1.807) is 25.1 Å². The van der Waals surface area contributed by atoms with Crippen LogP contribution in [0, 0.1) is 0 Å². The molecular weight excluding hydrogens is 606 g/mol. The Kier molecular flexibility index (Phi) is 8.95. The maximum Gasteiger partial charge on any atom is 0.344 e. The molecule has 0 saturated carbocycles. The number of nitrogens with zero attached hydrogens (tertiary/aromatic N) is 3. The van der Waals surface area contributed by atoms with E-state index in [1.165, 1.54) is 17.8 Å². The van der Waals surface area contributed by atoms with Gasteiger partial charge in [0.05, 0.1) is 23.7 Å². The van der Waals surface area contributed by atoms with Crippen LogP contribution in [-0.4, -0.2) is 39.7 Å². The molecule has 0 aliphatic heterocycles. The highest BCUT2D eigenvalue weighted by atomic mass is 79.9. The summed E-state index contributed by atoms with van der Waals surface area (Å²) in [6.07, 6.45) is 1.10. The van der Waals surface area contributed by atoms with Crippen LogP contribution in [0.25, 0.3) is 10.9 Å². The van der Waals surface area contributed by atoms with Crippen molar-refractivity contribution in [1.29, 1.82) is 0 Å². The van der Waals surface area contributed by atoms with Crippen molar-refractivity contribution in [2.75, 3.05) is 6.61 Å². The summed E-state index contributed by atoms with van der Waals surface area (Å²) in [6, 6.07) is 6.97. The van der Waals surface area contributed by atoms with E-state index < -0.39 is 12.1 Å². The highest BCUT2D eigenvalue weighted by Crippen LogP contribution is 2.42. The zero-order valence-electron chi connectivity index (χ0n) is 19.5. The molecule has 0 aliphatic carbocycles. The van der Waals surface area contributed by atoms with Crippen LogP contribution < -0.4 is 15.0 Å². The van der Waals surface area contributed by atoms with E-state index >= 15 is 0 Å². The number of rotatable bonds is 9. The molecule has 0 fully saturated rings. The zero-order chi connectivity index (χ0) is 25.9. The number of halogens is 3. The number of carboxylic acids is 1. The van der Waals surface area contributed by atoms with Crippen molar-refractivity contribution in [3.05, 3.63) is 60.0 Å². The van der Waals surface area contributed by atoms with Crippen LogP contribution in [0.1, 0.15) is 51.4 Å². The summed E-state index contributed by atoms with van der Waals surface area (Å²) in [4.78, 5) is 29.3. The van der Waals surface area contributed by atoms with Crippen LogP contribution in [0.3, 0.4) is 0 Å². The SMILES string of the molecule is CCOc1cc(C=Nn2c([C@@H](C)CC)nc3ccc(Br)cc3c2=O)c(Br)c(Cl)c1O[C@H](C)C(=O)O. The number of ether oxygens (including phenoxy) is 2. The molecule has 186 valence electrons. The van der Waals surface area contributed by atoms with Crippen molar-refractivity contribution in [2.24, 2.45) is 5.10 Å². The van der Waals surface area contributed by atoms with Gasteiger partial charge in [-0.1, -0.05) is 41.4 Å². The topological polar surface area (TPSA) is 103 Å². The van der Waals surface area contributed by atoms with Crippen molar-refractivity contribution in [3.8, 4) is 11.5 Å². The Labute approximate surface area is 224 Å². The number of carbonyl (C=O) groups is 1. The van der Waals surface area contributed by atoms with Gasteiger partial charge in [-0.3, -0.25) is 4.79 Å². The number of benzene rings is 2. The van der Waals surface area contributed by atoms with Gasteiger partial charge in [-0.05, 0) is 60.5 Å². The molecule has 0 amide bonds. The maximum atomic E-state index is 13.4. The zero-order valence-corrected chi connectivity index (χ0v) is 23.4. The van der Waals surface area contributed by atoms with Gasteiger partial charge < -0.3 is 14.6 Å². The van der Waals surface area contributed by atoms with Gasteiger partial charge in [0.25, 0.3) is 5.56 Å². The van der Waals surface area contributed by atoms with Crippen LogP contribution in [0.2, 0.25) is 5.02 Å². The second-order valence-corrected chi connectivity index (χ2v) is 9.84. The van der Waals surface area contributed by atoms with E-state index in [4.69, 9.17) is 26.1 Å². The fourth-order valence-corrected chi connectivity index (χ4v) is 4.20. The standard InChI is InChI=1S/C24H24Br2ClN3O5/c1-5-12(3)22-29-17-8-7-15(25)10-16(17)23(31)30(22)28-11-14-9-18(34-6-2)21(20(27)19(14)26)35-13(4)24(32)33/h7-13H,5-6H2,1-4H3,(H,32,33)/t12-,13+/m0/s1. The van der Waals surface area contributed by atoms with Crippen LogP contribution >= 0.6 is 43.5 Å². The minimum absolute atomic E-state index is 0.0211. The molecular formula is C24H24Br2ClN3O5. The first-order chi connectivity index (χ1) is 16.6. The molecule has 2 aromatic carbocycles. The van der Waals surface area contributed by atoms with E-state index in [-0.39, 0.29) is 28.0 Å². The van der Waals surface area contributed by atoms with Gasteiger partial charge >= 0.3 is 5.97 Å². The predicted molar refractivity (Wildman–Crippen MR) is 143 cm³/mol. The number of carboxylic acid groups (broad SMARTS) is 1. The predicted octanol–water partition coefficient (Wildman–Crippen LogP) is 6.22. The van der Waals surface area contributed by atoms with Crippen molar-refractivity contribution < 1.29 is 19.4 Å². The van der Waals surface area contributed by atoms with Crippen molar-refractivity contribution >= 4 is 66.5 Å². The molecule has 3 rings (SSSR count). The lowest BCUT2D eigenvalue weighted by Crippen LogP contribution is -2.24. The summed E-state index contributed by atoms with van der Waals surface area (Å²) in [6.45, 7) is 7.47. The van der Waals surface area contributed by atoms with Crippen molar-refractivity contribution in [1.82, 2.24) is 9.66 Å². The Morgan fingerprint density at radius 2 is 2.00 bits per heavy atom. The Bertz CT molecular complexity index is 1360. The molecule has 1 aromatic heterocycles. The molecule has 0 radical (unpaired) electrons. The first kappa shape index (κ1) is 27.2. The van der Waals surface area contributed by atoms with E-state index in [0.717, 1.165) is 10.9 Å². The third-order valence-electron chi connectivity index (χ3n) is 5.30. The third kappa shape index (κ3) is 5.87. The number of aromatic nitrogens is 2. The number of fused-ring (bicyclic) bond motifs is 1. The lowest BCUT2D eigenvalue weighted by Gasteiger charge is -2.18. The summed E-state index contributed by atoms with van der Waals surface area (Å²) in [5.74, 6) is -0.275. The summed E-state index contributed by atoms with van der Waals surface area (Å²) < 4.78 is 13.6. The summed E-state index contributed by atoms with van der Waals surface area (Å²) in [7, 11) is 0. The average molecular weight is 630 g/mol. The van der Waals surface area contributed by atoms with Gasteiger partial charge in [0, 0.05) is 20.4 Å². The first-order valence-corrected chi connectivity index (χ1v) is 12.9. The fraction of sp³-hybridized carbons (Fsp3) is 0.333. The van der Waals surface area contributed by atoms with Crippen molar-refractivity contribution in [2.45, 2.75) is 46.1 Å². The normalized spacial score (nSPS) is 13.2. The van der Waals surface area contributed by atoms with Crippen LogP contribution in [0.4, 0.5) is 0 Å². The maximum absolute atomic E-state index is 13.4. The van der Waals surface area contributed by atoms with Crippen LogP contribution in [0.5, 0.6) is 11.5 Å². The molecule has 1 heterocycles. The number of hydrogen-bond donors (Lipinski definition) is 1. The van der Waals surface area contributed by atoms with E-state index in [2.05, 4.69) is 37.0 Å². The smallest absolute Gasteiger partial charge is 0.344 e. The summed E-state index contributed by atoms with van der Waals surface area (Å²) in [5.41, 5.74) is 0.798. The molecule has 0 unspecified atom stereocenters. The highest BCUT2D eigenvalue weighted by molar-refractivity contribution is 9.10. The van der Waals surface area contributed by atoms with Gasteiger partial charge in [-0.2, -0.15) is 9.78 Å². The fourth-order valence-electron chi connectivity index (χ4n) is 3.20. The van der Waals surface area contributed by atoms with Crippen molar-refractivity contribution in [3.63, 3.8) is 0 Å². The second-order valence-electron chi connectivity index (χ2n) is 7.75. The van der Waals surface area contributed by atoms with Gasteiger partial charge in [0.2, 0.25) is 0 Å². The third-order valence-corrected chi connectivity index (χ3v) is 7.23. The van der Waals surface area contributed by atoms with Crippen LogP contribution in [-0.2, 0) is 4.79 Å². The Morgan fingerprint density at radius 3 is 2.63 bits per heavy atom. The molecule has 0 bridgehead atoms. The number of hydrogen-bond acceptors (Lipinski definition) is 6. The lowest BCUT2D eigenvalue weighted by molar-refractivity contribution is -0.144. The van der Waals surface area contributed by atoms with E-state index in [0.29, 0.717) is 33.4 Å². The van der Waals surface area contributed by atoms with Crippen LogP contribution in [0.15, 0.2) is 43.1 Å². The lowest BCUT2D eigenvalue weighted by atomic mass is 10.1. The summed E-state index contributed by atoms with van der Waals surface area (Å²) in [5, 5.41) is 14.2. The highest BCUT2D eigenvalue weighted by Gasteiger charge is 2.22. The Morgan fingerprint density at radius 1 is 1.29 bits per heavy atom. The Hall–Kier alpha value is -2.43. The largest absolute Gasteiger partial charge is 0.490 e. The van der Waals surface area contributed by atoms with Gasteiger partial charge in [0.15, 0.2) is 17.6 Å². The number of aliphatic carboxylic acids is 1. The molecule has 0 saturated heterocycles. The van der Waals surface area contributed by atoms with Gasteiger partial charge in [0.1, 0.15) is 10.8 Å². The second kappa shape index (κ2) is 11.5. The van der Waals surface area contributed by atoms with Gasteiger partial charge in [-0.15, -0.1) is 0 Å². The quantitative estimate of drug-likeness (QED) is 0.282. The molecule has 3 aromatic rings. The monoisotopic (exact) mass is 627 g/mol. The summed E-state index contributed by atoms with van der Waals surface area (Å²) >= 11 is 13.3. The molecule has 11 heteroatoms. The molecule has 0 spiro atoms. The van der Waals surface area contributed by atoms with Gasteiger partial charge in [-0.25, -0.2) is 9.78 Å². The molecule has 35 heavy (non-hydrogen) atoms.